The van der Waals surface area contributed by atoms with Crippen LogP contribution < -0.4 is 5.56 Å². The molecule has 0 spiro atoms. The highest BCUT2D eigenvalue weighted by Crippen LogP contribution is 2.20. The molecule has 2 heterocycles. The van der Waals surface area contributed by atoms with Crippen LogP contribution in [0.1, 0.15) is 12.5 Å². The van der Waals surface area contributed by atoms with Crippen LogP contribution in [0.2, 0.25) is 0 Å². The summed E-state index contributed by atoms with van der Waals surface area (Å²) in [5.41, 5.74) is -0.00120. The highest BCUT2D eigenvalue weighted by molar-refractivity contribution is 5.83. The molecule has 1 aromatic carbocycles. The lowest BCUT2D eigenvalue weighted by Gasteiger charge is -2.13. The van der Waals surface area contributed by atoms with E-state index >= 15 is 0 Å². The molecule has 1 atom stereocenters. The first-order valence-corrected chi connectivity index (χ1v) is 5.99. The SMILES string of the molecule is CN1CCC(n2cnc3cc(F)ccc3c2=O)C1=O. The molecule has 0 bridgehead atoms. The van der Waals surface area contributed by atoms with E-state index in [1.807, 2.05) is 0 Å². The van der Waals surface area contributed by atoms with E-state index in [0.717, 1.165) is 0 Å². The summed E-state index contributed by atoms with van der Waals surface area (Å²) in [4.78, 5) is 29.9. The summed E-state index contributed by atoms with van der Waals surface area (Å²) in [6.07, 6.45) is 1.91. The van der Waals surface area contributed by atoms with Gasteiger partial charge in [-0.25, -0.2) is 9.37 Å². The summed E-state index contributed by atoms with van der Waals surface area (Å²) < 4.78 is 14.4. The van der Waals surface area contributed by atoms with Crippen LogP contribution in [-0.2, 0) is 4.79 Å². The van der Waals surface area contributed by atoms with Crippen molar-refractivity contribution in [1.29, 1.82) is 0 Å². The van der Waals surface area contributed by atoms with Crippen LogP contribution in [0.15, 0.2) is 29.3 Å². The van der Waals surface area contributed by atoms with Gasteiger partial charge in [0.05, 0.1) is 17.2 Å². The highest BCUT2D eigenvalue weighted by atomic mass is 19.1. The molecular formula is C13H12FN3O2. The Morgan fingerprint density at radius 2 is 2.16 bits per heavy atom. The van der Waals surface area contributed by atoms with Gasteiger partial charge in [0.2, 0.25) is 5.91 Å². The van der Waals surface area contributed by atoms with Crippen molar-refractivity contribution >= 4 is 16.8 Å². The predicted octanol–water partition coefficient (Wildman–Crippen LogP) is 0.939. The van der Waals surface area contributed by atoms with Crippen molar-refractivity contribution in [2.75, 3.05) is 13.6 Å². The molecule has 2 aromatic rings. The Labute approximate surface area is 108 Å². The van der Waals surface area contributed by atoms with Gasteiger partial charge in [-0.1, -0.05) is 0 Å². The van der Waals surface area contributed by atoms with Gasteiger partial charge in [0, 0.05) is 19.7 Å². The van der Waals surface area contributed by atoms with E-state index in [2.05, 4.69) is 4.98 Å². The first kappa shape index (κ1) is 11.8. The number of nitrogens with zero attached hydrogens (tertiary/aromatic N) is 3. The lowest BCUT2D eigenvalue weighted by atomic mass is 10.2. The topological polar surface area (TPSA) is 55.2 Å². The molecule has 5 nitrogen and oxygen atoms in total. The largest absolute Gasteiger partial charge is 0.344 e. The van der Waals surface area contributed by atoms with Gasteiger partial charge >= 0.3 is 0 Å². The fourth-order valence-electron chi connectivity index (χ4n) is 2.39. The fourth-order valence-corrected chi connectivity index (χ4v) is 2.39. The Balaban J connectivity index is 2.16. The van der Waals surface area contributed by atoms with Crippen LogP contribution in [0, 0.1) is 5.82 Å². The molecule has 1 amide bonds. The highest BCUT2D eigenvalue weighted by Gasteiger charge is 2.31. The maximum Gasteiger partial charge on any atom is 0.261 e. The Morgan fingerprint density at radius 3 is 2.84 bits per heavy atom. The molecule has 1 saturated heterocycles. The number of aromatic nitrogens is 2. The molecule has 1 aliphatic rings. The van der Waals surface area contributed by atoms with Crippen LogP contribution >= 0.6 is 0 Å². The van der Waals surface area contributed by atoms with Crippen LogP contribution in [0.25, 0.3) is 10.9 Å². The first-order chi connectivity index (χ1) is 9.08. The van der Waals surface area contributed by atoms with Crippen molar-refractivity contribution in [1.82, 2.24) is 14.5 Å². The number of carbonyl (C=O) groups is 1. The van der Waals surface area contributed by atoms with E-state index in [-0.39, 0.29) is 11.5 Å². The normalized spacial score (nSPS) is 19.4. The van der Waals surface area contributed by atoms with Crippen LogP contribution in [-0.4, -0.2) is 34.0 Å². The van der Waals surface area contributed by atoms with Crippen molar-refractivity contribution < 1.29 is 9.18 Å². The minimum atomic E-state index is -0.501. The number of likely N-dealkylation sites (N-methyl/N-ethyl adjacent to an activating group) is 1. The number of hydrogen-bond donors (Lipinski definition) is 0. The molecule has 1 aromatic heterocycles. The Bertz CT molecular complexity index is 725. The van der Waals surface area contributed by atoms with E-state index in [9.17, 15) is 14.0 Å². The standard InChI is InChI=1S/C13H12FN3O2/c1-16-5-4-11(13(16)19)17-7-15-10-6-8(14)2-3-9(10)12(17)18/h2-3,6-7,11H,4-5H2,1H3. The fraction of sp³-hybridized carbons (Fsp3) is 0.308. The molecule has 0 N–H and O–H groups in total. The van der Waals surface area contributed by atoms with Crippen molar-refractivity contribution in [3.05, 3.63) is 40.7 Å². The smallest absolute Gasteiger partial charge is 0.261 e. The zero-order valence-electron chi connectivity index (χ0n) is 10.3. The average molecular weight is 261 g/mol. The quantitative estimate of drug-likeness (QED) is 0.767. The molecule has 3 rings (SSSR count). The number of benzene rings is 1. The van der Waals surface area contributed by atoms with Gasteiger partial charge in [-0.05, 0) is 18.6 Å². The second-order valence-electron chi connectivity index (χ2n) is 4.68. The van der Waals surface area contributed by atoms with Crippen molar-refractivity contribution in [2.45, 2.75) is 12.5 Å². The molecule has 1 unspecified atom stereocenters. The third kappa shape index (κ3) is 1.80. The number of hydrogen-bond acceptors (Lipinski definition) is 3. The van der Waals surface area contributed by atoms with E-state index < -0.39 is 11.9 Å². The third-order valence-electron chi connectivity index (χ3n) is 3.48. The number of amides is 1. The lowest BCUT2D eigenvalue weighted by molar-refractivity contribution is -0.129. The second kappa shape index (κ2) is 4.15. The summed E-state index contributed by atoms with van der Waals surface area (Å²) >= 11 is 0. The maximum atomic E-state index is 13.1. The third-order valence-corrected chi connectivity index (χ3v) is 3.48. The van der Waals surface area contributed by atoms with E-state index in [1.54, 1.807) is 11.9 Å². The van der Waals surface area contributed by atoms with Gasteiger partial charge in [0.25, 0.3) is 5.56 Å². The van der Waals surface area contributed by atoms with E-state index in [1.165, 1.54) is 29.1 Å². The number of carbonyl (C=O) groups excluding carboxylic acids is 1. The van der Waals surface area contributed by atoms with E-state index in [4.69, 9.17) is 0 Å². The first-order valence-electron chi connectivity index (χ1n) is 5.99. The van der Waals surface area contributed by atoms with Crippen LogP contribution in [0.4, 0.5) is 4.39 Å². The molecule has 19 heavy (non-hydrogen) atoms. The average Bonchev–Trinajstić information content (AvgIpc) is 2.71. The molecule has 0 aliphatic carbocycles. The Kier molecular flexibility index (Phi) is 2.58. The number of halogens is 1. The minimum absolute atomic E-state index is 0.0923. The molecule has 1 fully saturated rings. The predicted molar refractivity (Wildman–Crippen MR) is 67.3 cm³/mol. The Morgan fingerprint density at radius 1 is 1.37 bits per heavy atom. The van der Waals surface area contributed by atoms with Gasteiger partial charge < -0.3 is 4.90 Å². The summed E-state index contributed by atoms with van der Waals surface area (Å²) in [5, 5.41) is 0.325. The zero-order valence-corrected chi connectivity index (χ0v) is 10.3. The van der Waals surface area contributed by atoms with Crippen molar-refractivity contribution in [3.8, 4) is 0 Å². The summed E-state index contributed by atoms with van der Waals surface area (Å²) in [6.45, 7) is 0.622. The molecule has 0 saturated carbocycles. The van der Waals surface area contributed by atoms with Crippen molar-refractivity contribution in [2.24, 2.45) is 0 Å². The number of fused-ring (bicyclic) bond motifs is 1. The summed E-state index contributed by atoms with van der Waals surface area (Å²) in [7, 11) is 1.71. The van der Waals surface area contributed by atoms with Crippen LogP contribution in [0.5, 0.6) is 0 Å². The zero-order chi connectivity index (χ0) is 13.6. The molecule has 98 valence electrons. The van der Waals surface area contributed by atoms with Gasteiger partial charge in [-0.2, -0.15) is 0 Å². The number of rotatable bonds is 1. The van der Waals surface area contributed by atoms with Gasteiger partial charge in [0.1, 0.15) is 11.9 Å². The molecule has 1 aliphatic heterocycles. The monoisotopic (exact) mass is 261 g/mol. The molecule has 0 radical (unpaired) electrons. The van der Waals surface area contributed by atoms with Gasteiger partial charge in [0.15, 0.2) is 0 Å². The van der Waals surface area contributed by atoms with Crippen molar-refractivity contribution in [3.63, 3.8) is 0 Å². The van der Waals surface area contributed by atoms with Gasteiger partial charge in [-0.15, -0.1) is 0 Å². The number of likely N-dealkylation sites (tertiary alicyclic amines) is 1. The minimum Gasteiger partial charge on any atom is -0.344 e. The summed E-state index contributed by atoms with van der Waals surface area (Å²) in [6, 6.07) is 3.33. The lowest BCUT2D eigenvalue weighted by Crippen LogP contribution is -2.31. The van der Waals surface area contributed by atoms with E-state index in [0.29, 0.717) is 23.9 Å². The van der Waals surface area contributed by atoms with Gasteiger partial charge in [-0.3, -0.25) is 14.2 Å². The molecular weight excluding hydrogens is 249 g/mol. The second-order valence-corrected chi connectivity index (χ2v) is 4.68. The summed E-state index contributed by atoms with van der Waals surface area (Å²) in [5.74, 6) is -0.529. The maximum absolute atomic E-state index is 13.1. The Hall–Kier alpha value is -2.24. The molecule has 6 heteroatoms. The van der Waals surface area contributed by atoms with Crippen LogP contribution in [0.3, 0.4) is 0 Å².